The van der Waals surface area contributed by atoms with E-state index in [2.05, 4.69) is 0 Å². The molecule has 1 aliphatic carbocycles. The van der Waals surface area contributed by atoms with E-state index in [-0.39, 0.29) is 12.8 Å². The van der Waals surface area contributed by atoms with Crippen LogP contribution in [0.1, 0.15) is 19.3 Å². The molecule has 0 aromatic carbocycles. The Hall–Kier alpha value is 0.750. The molecular formula is C6H9Cl3O3. The van der Waals surface area contributed by atoms with Crippen molar-refractivity contribution in [3.05, 3.63) is 0 Å². The molecule has 1 fully saturated rings. The monoisotopic (exact) mass is 234 g/mol. The number of aliphatic hydroxyl groups is 3. The second kappa shape index (κ2) is 2.87. The molecule has 0 aromatic rings. The Bertz CT molecular complexity index is 172. The minimum Gasteiger partial charge on any atom is -0.368 e. The van der Waals surface area contributed by atoms with Gasteiger partial charge in [0.25, 0.3) is 0 Å². The van der Waals surface area contributed by atoms with Crippen molar-refractivity contribution in [1.82, 2.24) is 0 Å². The number of alkyl halides is 3. The summed E-state index contributed by atoms with van der Waals surface area (Å²) >= 11 is 16.7. The molecule has 1 aliphatic rings. The van der Waals surface area contributed by atoms with E-state index in [0.717, 1.165) is 0 Å². The van der Waals surface area contributed by atoms with Gasteiger partial charge in [0.15, 0.2) is 4.33 Å². The normalized spacial score (nSPS) is 39.5. The second-order valence-electron chi connectivity index (χ2n) is 3.00. The van der Waals surface area contributed by atoms with Gasteiger partial charge in [-0.2, -0.15) is 0 Å². The molecule has 0 aromatic heterocycles. The van der Waals surface area contributed by atoms with Gasteiger partial charge in [-0.05, 0) is 12.8 Å². The van der Waals surface area contributed by atoms with Crippen molar-refractivity contribution in [2.45, 2.75) is 34.4 Å². The minimum atomic E-state index is -2.43. The predicted octanol–water partition coefficient (Wildman–Crippen LogP) is 0.952. The number of rotatable bonds is 0. The average molecular weight is 235 g/mol. The van der Waals surface area contributed by atoms with Crippen molar-refractivity contribution in [2.75, 3.05) is 0 Å². The lowest BCUT2D eigenvalue weighted by Crippen LogP contribution is -2.62. The molecule has 0 saturated heterocycles. The third-order valence-electron chi connectivity index (χ3n) is 2.03. The van der Waals surface area contributed by atoms with Gasteiger partial charge in [0.2, 0.25) is 10.8 Å². The van der Waals surface area contributed by atoms with Crippen LogP contribution in [0.4, 0.5) is 0 Å². The van der Waals surface area contributed by atoms with Crippen LogP contribution in [0.25, 0.3) is 0 Å². The molecule has 0 spiro atoms. The van der Waals surface area contributed by atoms with Crippen LogP contribution in [0.2, 0.25) is 0 Å². The van der Waals surface area contributed by atoms with Crippen LogP contribution in [-0.4, -0.2) is 30.5 Å². The highest BCUT2D eigenvalue weighted by Crippen LogP contribution is 2.51. The Balaban J connectivity index is 2.99. The fourth-order valence-corrected chi connectivity index (χ4v) is 1.94. The van der Waals surface area contributed by atoms with Gasteiger partial charge in [0, 0.05) is 6.42 Å². The smallest absolute Gasteiger partial charge is 0.225 e. The fourth-order valence-electron chi connectivity index (χ4n) is 1.18. The predicted molar refractivity (Wildman–Crippen MR) is 46.3 cm³/mol. The fraction of sp³-hybridized carbons (Fsp3) is 1.00. The SMILES string of the molecule is OC1(O)CCCC(Cl)(Cl)C1(O)Cl. The van der Waals surface area contributed by atoms with Crippen LogP contribution in [-0.2, 0) is 0 Å². The van der Waals surface area contributed by atoms with E-state index in [0.29, 0.717) is 6.42 Å². The molecule has 1 unspecified atom stereocenters. The molecule has 0 bridgehead atoms. The summed E-state index contributed by atoms with van der Waals surface area (Å²) in [5, 5.41) is 25.5. The Kier molecular flexibility index (Phi) is 2.59. The van der Waals surface area contributed by atoms with E-state index >= 15 is 0 Å². The third kappa shape index (κ3) is 1.43. The zero-order valence-corrected chi connectivity index (χ0v) is 8.36. The first kappa shape index (κ1) is 10.8. The van der Waals surface area contributed by atoms with Crippen molar-refractivity contribution in [3.63, 3.8) is 0 Å². The zero-order valence-electron chi connectivity index (χ0n) is 6.10. The summed E-state index contributed by atoms with van der Waals surface area (Å²) in [6, 6.07) is 0. The number of halogens is 3. The maximum atomic E-state index is 9.43. The average Bonchev–Trinajstić information content (AvgIpc) is 1.83. The Labute approximate surface area is 84.9 Å². The Morgan fingerprint density at radius 2 is 1.42 bits per heavy atom. The Morgan fingerprint density at radius 1 is 0.917 bits per heavy atom. The molecule has 1 atom stereocenters. The molecule has 72 valence electrons. The quantitative estimate of drug-likeness (QED) is 0.433. The highest BCUT2D eigenvalue weighted by molar-refractivity contribution is 6.53. The van der Waals surface area contributed by atoms with Gasteiger partial charge in [0.1, 0.15) is 0 Å². The van der Waals surface area contributed by atoms with Crippen LogP contribution in [0.15, 0.2) is 0 Å². The summed E-state index contributed by atoms with van der Waals surface area (Å²) in [7, 11) is 0. The second-order valence-corrected chi connectivity index (χ2v) is 5.03. The third-order valence-corrected chi connectivity index (χ3v) is 3.78. The molecule has 1 rings (SSSR count). The molecule has 3 N–H and O–H groups in total. The van der Waals surface area contributed by atoms with Gasteiger partial charge < -0.3 is 15.3 Å². The van der Waals surface area contributed by atoms with Gasteiger partial charge in [-0.25, -0.2) is 0 Å². The molecule has 6 heteroatoms. The molecule has 3 nitrogen and oxygen atoms in total. The van der Waals surface area contributed by atoms with Gasteiger partial charge in [0.05, 0.1) is 0 Å². The van der Waals surface area contributed by atoms with Crippen molar-refractivity contribution in [2.24, 2.45) is 0 Å². The van der Waals surface area contributed by atoms with Gasteiger partial charge in [-0.1, -0.05) is 34.8 Å². The van der Waals surface area contributed by atoms with E-state index in [9.17, 15) is 15.3 Å². The highest BCUT2D eigenvalue weighted by atomic mass is 35.5. The van der Waals surface area contributed by atoms with Crippen molar-refractivity contribution < 1.29 is 15.3 Å². The summed E-state index contributed by atoms with van der Waals surface area (Å²) in [4.78, 5) is 0. The summed E-state index contributed by atoms with van der Waals surface area (Å²) in [5.41, 5.74) is 0. The largest absolute Gasteiger partial charge is 0.368 e. The van der Waals surface area contributed by atoms with Gasteiger partial charge >= 0.3 is 0 Å². The van der Waals surface area contributed by atoms with E-state index in [1.165, 1.54) is 0 Å². The molecule has 1 saturated carbocycles. The van der Waals surface area contributed by atoms with Crippen molar-refractivity contribution >= 4 is 34.8 Å². The number of hydrogen-bond donors (Lipinski definition) is 3. The molecule has 0 amide bonds. The standard InChI is InChI=1S/C6H9Cl3O3/c7-4(8)2-1-3-5(10,11)6(4,9)12/h10-12H,1-3H2. The van der Waals surface area contributed by atoms with E-state index in [1.807, 2.05) is 0 Å². The maximum absolute atomic E-state index is 9.43. The first-order valence-corrected chi connectivity index (χ1v) is 4.58. The zero-order chi connectivity index (χ0) is 9.62. The van der Waals surface area contributed by atoms with E-state index < -0.39 is 15.2 Å². The van der Waals surface area contributed by atoms with Crippen LogP contribution in [0.3, 0.4) is 0 Å². The van der Waals surface area contributed by atoms with Gasteiger partial charge in [-0.15, -0.1) is 0 Å². The van der Waals surface area contributed by atoms with E-state index in [1.54, 1.807) is 0 Å². The highest BCUT2D eigenvalue weighted by Gasteiger charge is 2.62. The van der Waals surface area contributed by atoms with E-state index in [4.69, 9.17) is 34.8 Å². The van der Waals surface area contributed by atoms with Gasteiger partial charge in [-0.3, -0.25) is 0 Å². The van der Waals surface area contributed by atoms with Crippen molar-refractivity contribution in [1.29, 1.82) is 0 Å². The molecule has 0 radical (unpaired) electrons. The lowest BCUT2D eigenvalue weighted by molar-refractivity contribution is -0.261. The summed E-state index contributed by atoms with van der Waals surface area (Å²) in [6.07, 6.45) is 0.572. The summed E-state index contributed by atoms with van der Waals surface area (Å²) in [6.45, 7) is 0. The number of hydrogen-bond acceptors (Lipinski definition) is 3. The maximum Gasteiger partial charge on any atom is 0.225 e. The van der Waals surface area contributed by atoms with Crippen LogP contribution >= 0.6 is 34.8 Å². The molecule has 12 heavy (non-hydrogen) atoms. The summed E-state index contributed by atoms with van der Waals surface area (Å²) < 4.78 is -1.73. The molecule has 0 aliphatic heterocycles. The lowest BCUT2D eigenvalue weighted by Gasteiger charge is -2.45. The minimum absolute atomic E-state index is 0.0474. The first-order valence-electron chi connectivity index (χ1n) is 3.44. The first-order chi connectivity index (χ1) is 5.21. The Morgan fingerprint density at radius 3 is 1.75 bits per heavy atom. The topological polar surface area (TPSA) is 60.7 Å². The van der Waals surface area contributed by atoms with Crippen molar-refractivity contribution in [3.8, 4) is 0 Å². The molecule has 0 heterocycles. The summed E-state index contributed by atoms with van der Waals surface area (Å²) in [5.74, 6) is -2.43. The van der Waals surface area contributed by atoms with Crippen LogP contribution in [0.5, 0.6) is 0 Å². The molecular weight excluding hydrogens is 226 g/mol. The lowest BCUT2D eigenvalue weighted by atomic mass is 9.90. The van der Waals surface area contributed by atoms with Crippen LogP contribution in [0, 0.1) is 0 Å². The van der Waals surface area contributed by atoms with Crippen LogP contribution < -0.4 is 0 Å².